The molecule has 5 nitrogen and oxygen atoms in total. The van der Waals surface area contributed by atoms with E-state index in [0.29, 0.717) is 37.3 Å². The van der Waals surface area contributed by atoms with Gasteiger partial charge in [0.1, 0.15) is 18.2 Å². The first-order valence-corrected chi connectivity index (χ1v) is 10.9. The standard InChI is InChI=1S/C24H17BrCl2N2O3/c1-31-22-12-16(9-17(13-28)24(30)29-21-8-3-2-7-20(21)27)11-19(25)23(22)32-14-15-5-4-6-18(26)10-15/h2-12H,14H2,1H3,(H,29,30)/b17-9+. The molecule has 162 valence electrons. The Morgan fingerprint density at radius 1 is 1.16 bits per heavy atom. The topological polar surface area (TPSA) is 71.3 Å². The molecular weight excluding hydrogens is 515 g/mol. The van der Waals surface area contributed by atoms with Crippen molar-refractivity contribution in [3.63, 3.8) is 0 Å². The molecule has 0 radical (unpaired) electrons. The van der Waals surface area contributed by atoms with E-state index in [0.717, 1.165) is 5.56 Å². The Bertz CT molecular complexity index is 1220. The highest BCUT2D eigenvalue weighted by molar-refractivity contribution is 9.10. The van der Waals surface area contributed by atoms with E-state index in [1.54, 1.807) is 42.5 Å². The number of methoxy groups -OCH3 is 1. The van der Waals surface area contributed by atoms with Crippen LogP contribution in [0.15, 0.2) is 70.7 Å². The van der Waals surface area contributed by atoms with Crippen LogP contribution in [0.3, 0.4) is 0 Å². The summed E-state index contributed by atoms with van der Waals surface area (Å²) in [4.78, 5) is 12.6. The highest BCUT2D eigenvalue weighted by Crippen LogP contribution is 2.38. The number of hydrogen-bond acceptors (Lipinski definition) is 4. The smallest absolute Gasteiger partial charge is 0.266 e. The van der Waals surface area contributed by atoms with Crippen molar-refractivity contribution in [3.8, 4) is 17.6 Å². The van der Waals surface area contributed by atoms with Crippen molar-refractivity contribution in [3.05, 3.63) is 91.9 Å². The fraction of sp³-hybridized carbons (Fsp3) is 0.0833. The molecule has 0 heterocycles. The van der Waals surface area contributed by atoms with Crippen LogP contribution in [0, 0.1) is 11.3 Å². The molecule has 3 rings (SSSR count). The normalized spacial score (nSPS) is 10.9. The number of para-hydroxylation sites is 1. The molecule has 1 N–H and O–H groups in total. The molecule has 1 amide bonds. The second-order valence-electron chi connectivity index (χ2n) is 6.56. The van der Waals surface area contributed by atoms with Gasteiger partial charge < -0.3 is 14.8 Å². The van der Waals surface area contributed by atoms with Crippen LogP contribution in [-0.2, 0) is 11.4 Å². The SMILES string of the molecule is COc1cc(/C=C(\C#N)C(=O)Nc2ccccc2Cl)cc(Br)c1OCc1cccc(Cl)c1. The van der Waals surface area contributed by atoms with Crippen LogP contribution in [0.5, 0.6) is 11.5 Å². The predicted molar refractivity (Wildman–Crippen MR) is 130 cm³/mol. The maximum Gasteiger partial charge on any atom is 0.266 e. The molecule has 8 heteroatoms. The van der Waals surface area contributed by atoms with Gasteiger partial charge in [-0.25, -0.2) is 0 Å². The summed E-state index contributed by atoms with van der Waals surface area (Å²) in [5, 5.41) is 13.1. The summed E-state index contributed by atoms with van der Waals surface area (Å²) < 4.78 is 12.0. The molecule has 0 aliphatic rings. The first kappa shape index (κ1) is 23.7. The number of carbonyl (C=O) groups excluding carboxylic acids is 1. The van der Waals surface area contributed by atoms with Gasteiger partial charge in [-0.2, -0.15) is 5.26 Å². The minimum atomic E-state index is -0.572. The summed E-state index contributed by atoms with van der Waals surface area (Å²) in [6, 6.07) is 19.5. The lowest BCUT2D eigenvalue weighted by Crippen LogP contribution is -2.13. The predicted octanol–water partition coefficient (Wildman–Crippen LogP) is 6.89. The number of nitrogens with zero attached hydrogens (tertiary/aromatic N) is 1. The van der Waals surface area contributed by atoms with E-state index in [-0.39, 0.29) is 12.2 Å². The first-order valence-electron chi connectivity index (χ1n) is 9.33. The summed E-state index contributed by atoms with van der Waals surface area (Å²) in [6.45, 7) is 0.286. The van der Waals surface area contributed by atoms with Crippen molar-refractivity contribution in [2.75, 3.05) is 12.4 Å². The lowest BCUT2D eigenvalue weighted by atomic mass is 10.1. The monoisotopic (exact) mass is 530 g/mol. The maximum absolute atomic E-state index is 12.6. The number of halogens is 3. The van der Waals surface area contributed by atoms with Crippen molar-refractivity contribution < 1.29 is 14.3 Å². The molecule has 0 aliphatic carbocycles. The van der Waals surface area contributed by atoms with Crippen LogP contribution < -0.4 is 14.8 Å². The van der Waals surface area contributed by atoms with Crippen molar-refractivity contribution in [2.45, 2.75) is 6.61 Å². The third-order valence-corrected chi connectivity index (χ3v) is 5.48. The Hall–Kier alpha value is -2.98. The molecule has 0 fully saturated rings. The second-order valence-corrected chi connectivity index (χ2v) is 8.25. The van der Waals surface area contributed by atoms with Crippen molar-refractivity contribution in [1.29, 1.82) is 5.26 Å². The molecule has 0 saturated carbocycles. The molecule has 0 bridgehead atoms. The third kappa shape index (κ3) is 6.04. The highest BCUT2D eigenvalue weighted by Gasteiger charge is 2.15. The van der Waals surface area contributed by atoms with Crippen LogP contribution in [0.25, 0.3) is 6.08 Å². The van der Waals surface area contributed by atoms with Crippen LogP contribution >= 0.6 is 39.1 Å². The van der Waals surface area contributed by atoms with Gasteiger partial charge in [-0.3, -0.25) is 4.79 Å². The fourth-order valence-electron chi connectivity index (χ4n) is 2.81. The average Bonchev–Trinajstić information content (AvgIpc) is 2.77. The molecule has 0 atom stereocenters. The van der Waals surface area contributed by atoms with Crippen LogP contribution in [0.1, 0.15) is 11.1 Å². The van der Waals surface area contributed by atoms with Gasteiger partial charge in [-0.05, 0) is 69.5 Å². The van der Waals surface area contributed by atoms with Gasteiger partial charge in [-0.15, -0.1) is 0 Å². The number of benzene rings is 3. The number of amides is 1. The highest BCUT2D eigenvalue weighted by atomic mass is 79.9. The van der Waals surface area contributed by atoms with Crippen molar-refractivity contribution >= 4 is 56.8 Å². The Morgan fingerprint density at radius 2 is 1.94 bits per heavy atom. The average molecular weight is 532 g/mol. The Balaban J connectivity index is 1.83. The van der Waals surface area contributed by atoms with E-state index >= 15 is 0 Å². The number of nitriles is 1. The van der Waals surface area contributed by atoms with Gasteiger partial charge in [0.25, 0.3) is 5.91 Å². The minimum Gasteiger partial charge on any atom is -0.493 e. The molecule has 0 unspecified atom stereocenters. The van der Waals surface area contributed by atoms with Crippen molar-refractivity contribution in [1.82, 2.24) is 0 Å². The van der Waals surface area contributed by atoms with Crippen LogP contribution in [-0.4, -0.2) is 13.0 Å². The Labute approximate surface area is 204 Å². The maximum atomic E-state index is 12.6. The van der Waals surface area contributed by atoms with E-state index in [2.05, 4.69) is 21.2 Å². The molecule has 3 aromatic rings. The summed E-state index contributed by atoms with van der Waals surface area (Å²) in [6.07, 6.45) is 1.46. The molecule has 32 heavy (non-hydrogen) atoms. The number of ether oxygens (including phenoxy) is 2. The number of rotatable bonds is 7. The summed E-state index contributed by atoms with van der Waals surface area (Å²) >= 11 is 15.6. The lowest BCUT2D eigenvalue weighted by molar-refractivity contribution is -0.112. The number of nitrogens with one attached hydrogen (secondary N) is 1. The van der Waals surface area contributed by atoms with E-state index in [4.69, 9.17) is 32.7 Å². The minimum absolute atomic E-state index is 0.0912. The second kappa shape index (κ2) is 11.1. The zero-order valence-electron chi connectivity index (χ0n) is 16.9. The third-order valence-electron chi connectivity index (χ3n) is 4.32. The molecule has 0 aliphatic heterocycles. The zero-order chi connectivity index (χ0) is 23.1. The lowest BCUT2D eigenvalue weighted by Gasteiger charge is -2.14. The van der Waals surface area contributed by atoms with E-state index in [1.807, 2.05) is 24.3 Å². The molecule has 0 saturated heterocycles. The van der Waals surface area contributed by atoms with Crippen LogP contribution in [0.2, 0.25) is 10.0 Å². The number of hydrogen-bond donors (Lipinski definition) is 1. The van der Waals surface area contributed by atoms with Gasteiger partial charge in [0.05, 0.1) is 22.3 Å². The van der Waals surface area contributed by atoms with Gasteiger partial charge >= 0.3 is 0 Å². The molecular formula is C24H17BrCl2N2O3. The number of carbonyl (C=O) groups is 1. The molecule has 3 aromatic carbocycles. The van der Waals surface area contributed by atoms with Gasteiger partial charge in [0.2, 0.25) is 0 Å². The summed E-state index contributed by atoms with van der Waals surface area (Å²) in [5.74, 6) is 0.358. The Morgan fingerprint density at radius 3 is 2.62 bits per heavy atom. The summed E-state index contributed by atoms with van der Waals surface area (Å²) in [5.41, 5.74) is 1.81. The molecule has 0 aromatic heterocycles. The zero-order valence-corrected chi connectivity index (χ0v) is 20.0. The quantitative estimate of drug-likeness (QED) is 0.266. The summed E-state index contributed by atoms with van der Waals surface area (Å²) in [7, 11) is 1.51. The van der Waals surface area contributed by atoms with Gasteiger partial charge in [0, 0.05) is 5.02 Å². The molecule has 0 spiro atoms. The van der Waals surface area contributed by atoms with Crippen LogP contribution in [0.4, 0.5) is 5.69 Å². The Kier molecular flexibility index (Phi) is 8.18. The van der Waals surface area contributed by atoms with E-state index in [9.17, 15) is 10.1 Å². The van der Waals surface area contributed by atoms with E-state index < -0.39 is 5.91 Å². The van der Waals surface area contributed by atoms with Gasteiger partial charge in [0.15, 0.2) is 11.5 Å². The first-order chi connectivity index (χ1) is 15.4. The largest absolute Gasteiger partial charge is 0.493 e. The number of anilines is 1. The van der Waals surface area contributed by atoms with Gasteiger partial charge in [-0.1, -0.05) is 47.5 Å². The van der Waals surface area contributed by atoms with Crippen molar-refractivity contribution in [2.24, 2.45) is 0 Å². The van der Waals surface area contributed by atoms with E-state index in [1.165, 1.54) is 13.2 Å². The fourth-order valence-corrected chi connectivity index (χ4v) is 3.78.